The maximum Gasteiger partial charge on any atom is 0.243 e. The average molecular weight is 210 g/mol. The van der Waals surface area contributed by atoms with Gasteiger partial charge in [-0.1, -0.05) is 6.92 Å². The lowest BCUT2D eigenvalue weighted by Crippen LogP contribution is -2.24. The van der Waals surface area contributed by atoms with Crippen LogP contribution in [0.3, 0.4) is 0 Å². The van der Waals surface area contributed by atoms with Crippen molar-refractivity contribution in [3.63, 3.8) is 0 Å². The molecule has 15 heavy (non-hydrogen) atoms. The van der Waals surface area contributed by atoms with Crippen molar-refractivity contribution < 1.29 is 4.79 Å². The average Bonchev–Trinajstić information content (AvgIpc) is 2.23. The van der Waals surface area contributed by atoms with Crippen molar-refractivity contribution in [2.24, 2.45) is 4.99 Å². The Morgan fingerprint density at radius 1 is 1.60 bits per heavy atom. The SMILES string of the molecule is CCCN(C)C(=N)N=C/C=C/C(=O)NC. The zero-order valence-electron chi connectivity index (χ0n) is 9.45. The number of nitrogens with one attached hydrogen (secondary N) is 2. The fraction of sp³-hybridized carbons (Fsp3) is 0.500. The first-order valence-electron chi connectivity index (χ1n) is 4.84. The highest BCUT2D eigenvalue weighted by Crippen LogP contribution is 1.88. The summed E-state index contributed by atoms with van der Waals surface area (Å²) in [7, 11) is 3.37. The number of hydrogen-bond donors (Lipinski definition) is 2. The van der Waals surface area contributed by atoms with Crippen LogP contribution in [0.2, 0.25) is 0 Å². The Bertz CT molecular complexity index is 271. The summed E-state index contributed by atoms with van der Waals surface area (Å²) in [5.74, 6) is 0.00769. The number of likely N-dealkylation sites (N-methyl/N-ethyl adjacent to an activating group) is 1. The van der Waals surface area contributed by atoms with Crippen LogP contribution in [0.25, 0.3) is 0 Å². The molecule has 0 atom stereocenters. The van der Waals surface area contributed by atoms with Gasteiger partial charge in [0.2, 0.25) is 11.9 Å². The lowest BCUT2D eigenvalue weighted by molar-refractivity contribution is -0.116. The van der Waals surface area contributed by atoms with Crippen molar-refractivity contribution >= 4 is 18.1 Å². The monoisotopic (exact) mass is 210 g/mol. The normalized spacial score (nSPS) is 10.9. The Kier molecular flexibility index (Phi) is 6.88. The summed E-state index contributed by atoms with van der Waals surface area (Å²) >= 11 is 0. The minimum atomic E-state index is -0.185. The van der Waals surface area contributed by atoms with E-state index in [1.165, 1.54) is 18.4 Å². The predicted octanol–water partition coefficient (Wildman–Crippen LogP) is 0.636. The maximum absolute atomic E-state index is 10.8. The highest BCUT2D eigenvalue weighted by atomic mass is 16.1. The molecule has 0 saturated carbocycles. The number of amides is 1. The molecular formula is C10H18N4O. The Hall–Kier alpha value is -1.65. The molecule has 0 bridgehead atoms. The van der Waals surface area contributed by atoms with Gasteiger partial charge < -0.3 is 10.2 Å². The number of carbonyl (C=O) groups is 1. The van der Waals surface area contributed by atoms with Gasteiger partial charge in [0.1, 0.15) is 0 Å². The molecule has 0 heterocycles. The summed E-state index contributed by atoms with van der Waals surface area (Å²) in [4.78, 5) is 16.4. The number of aliphatic imine (C=N–C) groups is 1. The summed E-state index contributed by atoms with van der Waals surface area (Å²) in [5.41, 5.74) is 0. The highest BCUT2D eigenvalue weighted by molar-refractivity contribution is 5.94. The smallest absolute Gasteiger partial charge is 0.243 e. The van der Waals surface area contributed by atoms with E-state index in [1.807, 2.05) is 14.0 Å². The molecule has 0 radical (unpaired) electrons. The summed E-state index contributed by atoms with van der Waals surface area (Å²) in [5, 5.41) is 9.97. The molecule has 0 aromatic heterocycles. The van der Waals surface area contributed by atoms with Gasteiger partial charge in [0.25, 0.3) is 0 Å². The van der Waals surface area contributed by atoms with Crippen LogP contribution < -0.4 is 5.32 Å². The van der Waals surface area contributed by atoms with Crippen molar-refractivity contribution in [3.05, 3.63) is 12.2 Å². The van der Waals surface area contributed by atoms with E-state index in [0.29, 0.717) is 0 Å². The van der Waals surface area contributed by atoms with E-state index in [-0.39, 0.29) is 11.9 Å². The van der Waals surface area contributed by atoms with Crippen LogP contribution in [-0.4, -0.2) is 43.6 Å². The number of carbonyl (C=O) groups excluding carboxylic acids is 1. The molecule has 0 aliphatic carbocycles. The third-order valence-corrected chi connectivity index (χ3v) is 1.70. The summed E-state index contributed by atoms with van der Waals surface area (Å²) in [6.07, 6.45) is 5.27. The van der Waals surface area contributed by atoms with Crippen molar-refractivity contribution in [1.29, 1.82) is 5.41 Å². The van der Waals surface area contributed by atoms with E-state index in [4.69, 9.17) is 5.41 Å². The molecule has 0 fully saturated rings. The number of hydrogen-bond acceptors (Lipinski definition) is 2. The lowest BCUT2D eigenvalue weighted by Gasteiger charge is -2.14. The van der Waals surface area contributed by atoms with Crippen LogP contribution in [0.15, 0.2) is 17.1 Å². The third kappa shape index (κ3) is 6.42. The van der Waals surface area contributed by atoms with Crippen molar-refractivity contribution in [3.8, 4) is 0 Å². The van der Waals surface area contributed by atoms with E-state index in [2.05, 4.69) is 10.3 Å². The molecule has 5 nitrogen and oxygen atoms in total. The molecule has 0 aromatic carbocycles. The first kappa shape index (κ1) is 13.4. The van der Waals surface area contributed by atoms with Crippen LogP contribution in [0.1, 0.15) is 13.3 Å². The van der Waals surface area contributed by atoms with E-state index in [9.17, 15) is 4.79 Å². The summed E-state index contributed by atoms with van der Waals surface area (Å²) in [6, 6.07) is 0. The van der Waals surface area contributed by atoms with E-state index < -0.39 is 0 Å². The van der Waals surface area contributed by atoms with E-state index in [1.54, 1.807) is 11.9 Å². The molecule has 0 aliphatic heterocycles. The number of nitrogens with zero attached hydrogens (tertiary/aromatic N) is 2. The van der Waals surface area contributed by atoms with Gasteiger partial charge in [0.05, 0.1) is 0 Å². The molecule has 0 rings (SSSR count). The molecule has 0 saturated heterocycles. The van der Waals surface area contributed by atoms with Gasteiger partial charge >= 0.3 is 0 Å². The molecule has 1 amide bonds. The van der Waals surface area contributed by atoms with E-state index in [0.717, 1.165) is 13.0 Å². The largest absolute Gasteiger partial charge is 0.356 e. The van der Waals surface area contributed by atoms with Gasteiger partial charge in [-0.2, -0.15) is 0 Å². The van der Waals surface area contributed by atoms with Crippen LogP contribution >= 0.6 is 0 Å². The first-order chi connectivity index (χ1) is 7.11. The van der Waals surface area contributed by atoms with Crippen LogP contribution in [0, 0.1) is 5.41 Å². The first-order valence-corrected chi connectivity index (χ1v) is 4.84. The molecule has 2 N–H and O–H groups in total. The van der Waals surface area contributed by atoms with Crippen LogP contribution in [-0.2, 0) is 4.79 Å². The van der Waals surface area contributed by atoms with E-state index >= 15 is 0 Å². The van der Waals surface area contributed by atoms with Gasteiger partial charge in [0, 0.05) is 32.9 Å². The standard InChI is InChI=1S/C10H18N4O/c1-4-8-14(3)10(11)13-7-5-6-9(15)12-2/h5-7,11H,4,8H2,1-3H3,(H,12,15)/b6-5+,11-10?,13-7?. The topological polar surface area (TPSA) is 68.5 Å². The van der Waals surface area contributed by atoms with Gasteiger partial charge in [-0.15, -0.1) is 0 Å². The van der Waals surface area contributed by atoms with Gasteiger partial charge in [-0.25, -0.2) is 4.99 Å². The summed E-state index contributed by atoms with van der Waals surface area (Å²) < 4.78 is 0. The zero-order chi connectivity index (χ0) is 11.7. The van der Waals surface area contributed by atoms with Crippen molar-refractivity contribution in [2.45, 2.75) is 13.3 Å². The summed E-state index contributed by atoms with van der Waals surface area (Å²) in [6.45, 7) is 2.84. The molecule has 5 heteroatoms. The lowest BCUT2D eigenvalue weighted by atomic mass is 10.4. The minimum Gasteiger partial charge on any atom is -0.356 e. The quantitative estimate of drug-likeness (QED) is 0.406. The number of allylic oxidation sites excluding steroid dienone is 1. The fourth-order valence-corrected chi connectivity index (χ4v) is 0.867. The second-order valence-corrected chi connectivity index (χ2v) is 3.00. The van der Waals surface area contributed by atoms with Crippen LogP contribution in [0.4, 0.5) is 0 Å². The Labute approximate surface area is 90.4 Å². The molecule has 0 aliphatic rings. The Morgan fingerprint density at radius 2 is 2.27 bits per heavy atom. The van der Waals surface area contributed by atoms with Crippen molar-refractivity contribution in [1.82, 2.24) is 10.2 Å². The highest BCUT2D eigenvalue weighted by Gasteiger charge is 1.98. The third-order valence-electron chi connectivity index (χ3n) is 1.70. The zero-order valence-corrected chi connectivity index (χ0v) is 9.45. The Morgan fingerprint density at radius 3 is 2.80 bits per heavy atom. The molecule has 0 aromatic rings. The molecule has 84 valence electrons. The number of guanidine groups is 1. The molecular weight excluding hydrogens is 192 g/mol. The maximum atomic E-state index is 10.8. The molecule has 0 spiro atoms. The van der Waals surface area contributed by atoms with Crippen LogP contribution in [0.5, 0.6) is 0 Å². The second kappa shape index (κ2) is 7.73. The van der Waals surface area contributed by atoms with Gasteiger partial charge in [-0.3, -0.25) is 10.2 Å². The van der Waals surface area contributed by atoms with Gasteiger partial charge in [-0.05, 0) is 12.5 Å². The van der Waals surface area contributed by atoms with Gasteiger partial charge in [0.15, 0.2) is 0 Å². The Balaban J connectivity index is 4.01. The molecule has 0 unspecified atom stereocenters. The number of rotatable bonds is 4. The fourth-order valence-electron chi connectivity index (χ4n) is 0.867. The second-order valence-electron chi connectivity index (χ2n) is 3.00. The predicted molar refractivity (Wildman–Crippen MR) is 62.3 cm³/mol. The van der Waals surface area contributed by atoms with Crippen molar-refractivity contribution in [2.75, 3.05) is 20.6 Å². The minimum absolute atomic E-state index is 0.185.